The van der Waals surface area contributed by atoms with Gasteiger partial charge in [0.05, 0.1) is 18.0 Å². The van der Waals surface area contributed by atoms with Crippen LogP contribution in [0, 0.1) is 6.92 Å². The van der Waals surface area contributed by atoms with E-state index < -0.39 is 10.0 Å². The van der Waals surface area contributed by atoms with Crippen molar-refractivity contribution in [3.8, 4) is 5.75 Å². The second-order valence-electron chi connectivity index (χ2n) is 6.95. The quantitative estimate of drug-likeness (QED) is 0.456. The number of hydrogen-bond donors (Lipinski definition) is 1. The lowest BCUT2D eigenvalue weighted by Crippen LogP contribution is -2.41. The van der Waals surface area contributed by atoms with Crippen LogP contribution >= 0.6 is 11.8 Å². The van der Waals surface area contributed by atoms with Gasteiger partial charge in [0.2, 0.25) is 15.9 Å². The molecule has 2 aromatic carbocycles. The number of rotatable bonds is 10. The summed E-state index contributed by atoms with van der Waals surface area (Å²) < 4.78 is 31.2. The number of nitrogens with zero attached hydrogens (tertiary/aromatic N) is 1. The monoisotopic (exact) mass is 436 g/mol. The standard InChI is InChI=1S/C21H28N2O4S2/c1-16(2)27-19-7-5-6-18(14-19)23(29(4,25)26)15-21(24)22-12-13-28-20-10-8-17(3)9-11-20/h5-11,14,16H,12-13,15H2,1-4H3,(H,22,24). The second kappa shape index (κ2) is 10.5. The number of carbonyl (C=O) groups is 1. The van der Waals surface area contributed by atoms with Gasteiger partial charge in [0, 0.05) is 23.3 Å². The Morgan fingerprint density at radius 3 is 2.48 bits per heavy atom. The molecule has 0 unspecified atom stereocenters. The summed E-state index contributed by atoms with van der Waals surface area (Å²) in [4.78, 5) is 13.5. The van der Waals surface area contributed by atoms with Gasteiger partial charge in [-0.25, -0.2) is 8.42 Å². The molecule has 0 saturated heterocycles. The fourth-order valence-corrected chi connectivity index (χ4v) is 4.18. The van der Waals surface area contributed by atoms with Crippen molar-refractivity contribution in [2.45, 2.75) is 31.8 Å². The van der Waals surface area contributed by atoms with E-state index in [4.69, 9.17) is 4.74 Å². The van der Waals surface area contributed by atoms with Crippen molar-refractivity contribution in [1.82, 2.24) is 5.32 Å². The summed E-state index contributed by atoms with van der Waals surface area (Å²) in [5, 5.41) is 2.79. The summed E-state index contributed by atoms with van der Waals surface area (Å²) in [6, 6.07) is 14.9. The van der Waals surface area contributed by atoms with E-state index in [9.17, 15) is 13.2 Å². The van der Waals surface area contributed by atoms with Crippen molar-refractivity contribution in [3.05, 3.63) is 54.1 Å². The maximum absolute atomic E-state index is 12.3. The average Bonchev–Trinajstić information content (AvgIpc) is 2.63. The molecular weight excluding hydrogens is 408 g/mol. The number of benzene rings is 2. The number of hydrogen-bond acceptors (Lipinski definition) is 5. The van der Waals surface area contributed by atoms with E-state index in [1.807, 2.05) is 45.0 Å². The molecule has 6 nitrogen and oxygen atoms in total. The van der Waals surface area contributed by atoms with Crippen LogP contribution in [0.25, 0.3) is 0 Å². The highest BCUT2D eigenvalue weighted by Gasteiger charge is 2.21. The van der Waals surface area contributed by atoms with Gasteiger partial charge in [0.1, 0.15) is 12.3 Å². The maximum Gasteiger partial charge on any atom is 0.240 e. The number of amides is 1. The molecule has 0 fully saturated rings. The Hall–Kier alpha value is -2.19. The van der Waals surface area contributed by atoms with Crippen molar-refractivity contribution < 1.29 is 17.9 Å². The molecule has 8 heteroatoms. The smallest absolute Gasteiger partial charge is 0.240 e. The SMILES string of the molecule is Cc1ccc(SCCNC(=O)CN(c2cccc(OC(C)C)c2)S(C)(=O)=O)cc1. The van der Waals surface area contributed by atoms with Crippen molar-refractivity contribution in [1.29, 1.82) is 0 Å². The predicted molar refractivity (Wildman–Crippen MR) is 119 cm³/mol. The van der Waals surface area contributed by atoms with Crippen molar-refractivity contribution in [3.63, 3.8) is 0 Å². The number of thioether (sulfide) groups is 1. The molecule has 0 aromatic heterocycles. The predicted octanol–water partition coefficient (Wildman–Crippen LogP) is 3.46. The molecule has 0 radical (unpaired) electrons. The fraction of sp³-hybridized carbons (Fsp3) is 0.381. The number of aryl methyl sites for hydroxylation is 1. The highest BCUT2D eigenvalue weighted by molar-refractivity contribution is 7.99. The first-order valence-electron chi connectivity index (χ1n) is 9.36. The highest BCUT2D eigenvalue weighted by atomic mass is 32.2. The molecule has 29 heavy (non-hydrogen) atoms. The summed E-state index contributed by atoms with van der Waals surface area (Å²) in [5.74, 6) is 0.905. The first-order valence-corrected chi connectivity index (χ1v) is 12.2. The van der Waals surface area contributed by atoms with Crippen LogP contribution in [0.5, 0.6) is 5.75 Å². The summed E-state index contributed by atoms with van der Waals surface area (Å²) in [5.41, 5.74) is 1.60. The summed E-state index contributed by atoms with van der Waals surface area (Å²) in [7, 11) is -3.62. The lowest BCUT2D eigenvalue weighted by atomic mass is 10.2. The van der Waals surface area contributed by atoms with E-state index in [1.165, 1.54) is 5.56 Å². The first kappa shape index (κ1) is 23.1. The van der Waals surface area contributed by atoms with E-state index in [-0.39, 0.29) is 18.6 Å². The Morgan fingerprint density at radius 2 is 1.86 bits per heavy atom. The number of anilines is 1. The third kappa shape index (κ3) is 7.98. The molecule has 0 aliphatic heterocycles. The second-order valence-corrected chi connectivity index (χ2v) is 10.0. The molecule has 1 N–H and O–H groups in total. The Balaban J connectivity index is 1.94. The minimum Gasteiger partial charge on any atom is -0.491 e. The number of ether oxygens (including phenoxy) is 1. The molecule has 1 amide bonds. The Bertz CT molecular complexity index is 913. The van der Waals surface area contributed by atoms with Gasteiger partial charge >= 0.3 is 0 Å². The van der Waals surface area contributed by atoms with E-state index in [0.29, 0.717) is 23.7 Å². The van der Waals surface area contributed by atoms with Gasteiger partial charge < -0.3 is 10.1 Å². The highest BCUT2D eigenvalue weighted by Crippen LogP contribution is 2.24. The van der Waals surface area contributed by atoms with Crippen LogP contribution in [0.3, 0.4) is 0 Å². The third-order valence-electron chi connectivity index (χ3n) is 3.88. The molecule has 0 atom stereocenters. The van der Waals surface area contributed by atoms with Crippen LogP contribution in [0.4, 0.5) is 5.69 Å². The van der Waals surface area contributed by atoms with Crippen molar-refractivity contribution in [2.24, 2.45) is 0 Å². The number of sulfonamides is 1. The zero-order valence-electron chi connectivity index (χ0n) is 17.2. The van der Waals surface area contributed by atoms with Gasteiger partial charge in [-0.05, 0) is 45.0 Å². The Kier molecular flexibility index (Phi) is 8.40. The van der Waals surface area contributed by atoms with Crippen LogP contribution in [-0.2, 0) is 14.8 Å². The maximum atomic E-state index is 12.3. The third-order valence-corrected chi connectivity index (χ3v) is 6.03. The molecule has 0 aliphatic rings. The van der Waals surface area contributed by atoms with Crippen molar-refractivity contribution >= 4 is 33.4 Å². The lowest BCUT2D eigenvalue weighted by Gasteiger charge is -2.22. The van der Waals surface area contributed by atoms with E-state index in [2.05, 4.69) is 5.32 Å². The zero-order chi connectivity index (χ0) is 21.4. The van der Waals surface area contributed by atoms with E-state index in [0.717, 1.165) is 15.5 Å². The number of nitrogens with one attached hydrogen (secondary N) is 1. The molecular formula is C21H28N2O4S2. The largest absolute Gasteiger partial charge is 0.491 e. The van der Waals surface area contributed by atoms with Gasteiger partial charge in [0.15, 0.2) is 0 Å². The van der Waals surface area contributed by atoms with Crippen LogP contribution in [0.15, 0.2) is 53.4 Å². The van der Waals surface area contributed by atoms with Gasteiger partial charge in [-0.3, -0.25) is 9.10 Å². The van der Waals surface area contributed by atoms with Crippen molar-refractivity contribution in [2.75, 3.05) is 29.4 Å². The van der Waals surface area contributed by atoms with E-state index >= 15 is 0 Å². The van der Waals surface area contributed by atoms with Gasteiger partial charge in [-0.2, -0.15) is 0 Å². The first-order chi connectivity index (χ1) is 13.6. The average molecular weight is 437 g/mol. The minimum absolute atomic E-state index is 0.0359. The molecule has 2 aromatic rings. The van der Waals surface area contributed by atoms with Crippen LogP contribution in [0.1, 0.15) is 19.4 Å². The summed E-state index contributed by atoms with van der Waals surface area (Å²) in [6.45, 7) is 5.99. The number of carbonyl (C=O) groups excluding carboxylic acids is 1. The molecule has 0 spiro atoms. The lowest BCUT2D eigenvalue weighted by molar-refractivity contribution is -0.119. The van der Waals surface area contributed by atoms with E-state index in [1.54, 1.807) is 36.0 Å². The van der Waals surface area contributed by atoms with Crippen LogP contribution in [0.2, 0.25) is 0 Å². The van der Waals surface area contributed by atoms with Gasteiger partial charge in [-0.15, -0.1) is 11.8 Å². The minimum atomic E-state index is -3.62. The van der Waals surface area contributed by atoms with Crippen LogP contribution in [-0.4, -0.2) is 45.5 Å². The summed E-state index contributed by atoms with van der Waals surface area (Å²) >= 11 is 1.64. The molecule has 2 rings (SSSR count). The van der Waals surface area contributed by atoms with Crippen LogP contribution < -0.4 is 14.4 Å². The molecule has 0 bridgehead atoms. The zero-order valence-corrected chi connectivity index (χ0v) is 18.8. The molecule has 158 valence electrons. The Morgan fingerprint density at radius 1 is 1.17 bits per heavy atom. The van der Waals surface area contributed by atoms with Gasteiger partial charge in [0.25, 0.3) is 0 Å². The molecule has 0 saturated carbocycles. The molecule has 0 heterocycles. The fourth-order valence-electron chi connectivity index (χ4n) is 2.56. The normalized spacial score (nSPS) is 11.3. The molecule has 0 aliphatic carbocycles. The van der Waals surface area contributed by atoms with Gasteiger partial charge in [-0.1, -0.05) is 23.8 Å². The topological polar surface area (TPSA) is 75.7 Å². The Labute approximate surface area is 177 Å². The summed E-state index contributed by atoms with van der Waals surface area (Å²) in [6.07, 6.45) is 1.05.